The first-order chi connectivity index (χ1) is 13.5. The highest BCUT2D eigenvalue weighted by Gasteiger charge is 2.28. The van der Waals surface area contributed by atoms with E-state index in [9.17, 15) is 8.42 Å². The lowest BCUT2D eigenvalue weighted by Gasteiger charge is -2.33. The lowest BCUT2D eigenvalue weighted by molar-refractivity contribution is 0.181. The van der Waals surface area contributed by atoms with Gasteiger partial charge in [0.2, 0.25) is 10.0 Å². The number of benzene rings is 2. The Bertz CT molecular complexity index is 1080. The smallest absolute Gasteiger partial charge is 0.243 e. The molecule has 6 nitrogen and oxygen atoms in total. The first-order valence-electron chi connectivity index (χ1n) is 9.71. The van der Waals surface area contributed by atoms with Crippen molar-refractivity contribution in [2.75, 3.05) is 26.2 Å². The zero-order valence-corrected chi connectivity index (χ0v) is 17.2. The van der Waals surface area contributed by atoms with Gasteiger partial charge in [-0.3, -0.25) is 9.58 Å². The first kappa shape index (κ1) is 19.1. The molecule has 0 saturated carbocycles. The lowest BCUT2D eigenvalue weighted by Crippen LogP contribution is -2.48. The molecule has 2 aromatic carbocycles. The van der Waals surface area contributed by atoms with Gasteiger partial charge in [0.05, 0.1) is 10.6 Å². The van der Waals surface area contributed by atoms with Gasteiger partial charge in [-0.1, -0.05) is 30.3 Å². The topological polar surface area (TPSA) is 58.4 Å². The molecule has 0 N–H and O–H groups in total. The van der Waals surface area contributed by atoms with Crippen LogP contribution in [0.2, 0.25) is 0 Å². The number of hydrogen-bond donors (Lipinski definition) is 0. The summed E-state index contributed by atoms with van der Waals surface area (Å²) < 4.78 is 29.7. The van der Waals surface area contributed by atoms with Crippen LogP contribution in [0.1, 0.15) is 18.2 Å². The Hall–Kier alpha value is -2.22. The van der Waals surface area contributed by atoms with Gasteiger partial charge in [0, 0.05) is 51.0 Å². The molecule has 3 aromatic rings. The van der Waals surface area contributed by atoms with E-state index in [0.717, 1.165) is 42.6 Å². The van der Waals surface area contributed by atoms with Crippen molar-refractivity contribution in [3.05, 3.63) is 59.9 Å². The number of sulfonamides is 1. The van der Waals surface area contributed by atoms with Crippen LogP contribution in [-0.4, -0.2) is 53.6 Å². The third-order valence-electron chi connectivity index (χ3n) is 5.46. The summed E-state index contributed by atoms with van der Waals surface area (Å²) in [5.74, 6) is 0. The molecular formula is C21H26N4O2S. The number of piperazine rings is 1. The lowest BCUT2D eigenvalue weighted by atomic mass is 10.1. The maximum atomic E-state index is 13.1. The SMILES string of the molecule is CCn1cc(CN2CCN(S(=O)(=O)c3ccc4ccccc4c3)CC2)c(C)n1. The highest BCUT2D eigenvalue weighted by atomic mass is 32.2. The van der Waals surface area contributed by atoms with Gasteiger partial charge in [0.1, 0.15) is 0 Å². The average molecular weight is 399 g/mol. The third kappa shape index (κ3) is 3.70. The summed E-state index contributed by atoms with van der Waals surface area (Å²) in [5, 5.41) is 6.50. The third-order valence-corrected chi connectivity index (χ3v) is 7.35. The molecule has 0 radical (unpaired) electrons. The van der Waals surface area contributed by atoms with Crippen LogP contribution in [0.5, 0.6) is 0 Å². The van der Waals surface area contributed by atoms with Crippen molar-refractivity contribution >= 4 is 20.8 Å². The van der Waals surface area contributed by atoms with Gasteiger partial charge in [0.15, 0.2) is 0 Å². The van der Waals surface area contributed by atoms with Gasteiger partial charge >= 0.3 is 0 Å². The number of fused-ring (bicyclic) bond motifs is 1. The maximum Gasteiger partial charge on any atom is 0.243 e. The van der Waals surface area contributed by atoms with Crippen LogP contribution in [0.25, 0.3) is 10.8 Å². The van der Waals surface area contributed by atoms with Crippen molar-refractivity contribution in [3.8, 4) is 0 Å². The minimum Gasteiger partial charge on any atom is -0.296 e. The zero-order chi connectivity index (χ0) is 19.7. The Labute approximate surface area is 166 Å². The van der Waals surface area contributed by atoms with E-state index < -0.39 is 10.0 Å². The minimum absolute atomic E-state index is 0.375. The number of aromatic nitrogens is 2. The normalized spacial score (nSPS) is 16.6. The van der Waals surface area contributed by atoms with Crippen LogP contribution in [0.3, 0.4) is 0 Å². The fourth-order valence-electron chi connectivity index (χ4n) is 3.72. The summed E-state index contributed by atoms with van der Waals surface area (Å²) >= 11 is 0. The fourth-order valence-corrected chi connectivity index (χ4v) is 5.18. The van der Waals surface area contributed by atoms with Gasteiger partial charge in [0.25, 0.3) is 0 Å². The van der Waals surface area contributed by atoms with Crippen molar-refractivity contribution in [3.63, 3.8) is 0 Å². The van der Waals surface area contributed by atoms with Gasteiger partial charge in [-0.25, -0.2) is 8.42 Å². The van der Waals surface area contributed by atoms with Crippen molar-refractivity contribution in [1.82, 2.24) is 19.0 Å². The highest BCUT2D eigenvalue weighted by molar-refractivity contribution is 7.89. The highest BCUT2D eigenvalue weighted by Crippen LogP contribution is 2.23. The van der Waals surface area contributed by atoms with Crippen molar-refractivity contribution in [1.29, 1.82) is 0 Å². The summed E-state index contributed by atoms with van der Waals surface area (Å²) in [4.78, 5) is 2.68. The average Bonchev–Trinajstić information content (AvgIpc) is 3.07. The van der Waals surface area contributed by atoms with Crippen molar-refractivity contribution in [2.45, 2.75) is 31.8 Å². The van der Waals surface area contributed by atoms with E-state index in [0.29, 0.717) is 18.0 Å². The molecule has 0 spiro atoms. The molecule has 2 heterocycles. The van der Waals surface area contributed by atoms with Crippen molar-refractivity contribution in [2.24, 2.45) is 0 Å². The molecule has 1 fully saturated rings. The van der Waals surface area contributed by atoms with E-state index >= 15 is 0 Å². The van der Waals surface area contributed by atoms with E-state index in [1.54, 1.807) is 16.4 Å². The van der Waals surface area contributed by atoms with Gasteiger partial charge in [-0.2, -0.15) is 9.40 Å². The Kier molecular flexibility index (Phi) is 5.23. The largest absolute Gasteiger partial charge is 0.296 e. The van der Waals surface area contributed by atoms with Crippen LogP contribution in [0.4, 0.5) is 0 Å². The summed E-state index contributed by atoms with van der Waals surface area (Å²) in [6.07, 6.45) is 2.09. The molecule has 148 valence electrons. The molecule has 28 heavy (non-hydrogen) atoms. The number of nitrogens with zero attached hydrogens (tertiary/aromatic N) is 4. The summed E-state index contributed by atoms with van der Waals surface area (Å²) in [7, 11) is -3.47. The predicted octanol–water partition coefficient (Wildman–Crippen LogP) is 2.87. The second-order valence-corrected chi connectivity index (χ2v) is 9.22. The predicted molar refractivity (Wildman–Crippen MR) is 111 cm³/mol. The molecule has 4 rings (SSSR count). The van der Waals surface area contributed by atoms with Crippen LogP contribution in [0.15, 0.2) is 53.6 Å². The van der Waals surface area contributed by atoms with Gasteiger partial charge in [-0.15, -0.1) is 0 Å². The van der Waals surface area contributed by atoms with Crippen LogP contribution < -0.4 is 0 Å². The van der Waals surface area contributed by atoms with Crippen molar-refractivity contribution < 1.29 is 8.42 Å². The summed E-state index contributed by atoms with van der Waals surface area (Å²) in [6.45, 7) is 8.25. The molecule has 1 saturated heterocycles. The second-order valence-electron chi connectivity index (χ2n) is 7.28. The molecule has 1 aliphatic rings. The monoisotopic (exact) mass is 398 g/mol. The number of rotatable bonds is 5. The standard InChI is InChI=1S/C21H26N4O2S/c1-3-24-16-20(17(2)22-24)15-23-10-12-25(13-11-23)28(26,27)21-9-8-18-6-4-5-7-19(18)14-21/h4-9,14,16H,3,10-13,15H2,1-2H3. The number of aryl methyl sites for hydroxylation is 2. The first-order valence-corrected chi connectivity index (χ1v) is 11.2. The molecule has 0 unspecified atom stereocenters. The molecule has 1 aromatic heterocycles. The molecule has 0 aliphatic carbocycles. The minimum atomic E-state index is -3.47. The molecular weight excluding hydrogens is 372 g/mol. The Morgan fingerprint density at radius 3 is 2.39 bits per heavy atom. The van der Waals surface area contributed by atoms with Crippen LogP contribution in [0, 0.1) is 6.92 Å². The van der Waals surface area contributed by atoms with E-state index in [1.165, 1.54) is 5.56 Å². The quantitative estimate of drug-likeness (QED) is 0.663. The molecule has 0 amide bonds. The Morgan fingerprint density at radius 2 is 1.71 bits per heavy atom. The molecule has 0 atom stereocenters. The fraction of sp³-hybridized carbons (Fsp3) is 0.381. The Morgan fingerprint density at radius 1 is 1.00 bits per heavy atom. The summed E-state index contributed by atoms with van der Waals surface area (Å²) in [5.41, 5.74) is 2.26. The zero-order valence-electron chi connectivity index (χ0n) is 16.4. The van der Waals surface area contributed by atoms with E-state index in [-0.39, 0.29) is 0 Å². The molecule has 1 aliphatic heterocycles. The molecule has 7 heteroatoms. The van der Waals surface area contributed by atoms with Crippen LogP contribution >= 0.6 is 0 Å². The maximum absolute atomic E-state index is 13.1. The van der Waals surface area contributed by atoms with Gasteiger partial charge < -0.3 is 0 Å². The van der Waals surface area contributed by atoms with E-state index in [4.69, 9.17) is 0 Å². The second kappa shape index (κ2) is 7.66. The van der Waals surface area contributed by atoms with E-state index in [2.05, 4.69) is 23.1 Å². The number of hydrogen-bond acceptors (Lipinski definition) is 4. The Balaban J connectivity index is 1.45. The molecule has 0 bridgehead atoms. The van der Waals surface area contributed by atoms with Crippen LogP contribution in [-0.2, 0) is 23.1 Å². The van der Waals surface area contributed by atoms with Gasteiger partial charge in [-0.05, 0) is 36.8 Å². The summed E-state index contributed by atoms with van der Waals surface area (Å²) in [6, 6.07) is 13.2. The van der Waals surface area contributed by atoms with E-state index in [1.807, 2.05) is 41.9 Å².